The molecule has 1 aliphatic rings. The van der Waals surface area contributed by atoms with Crippen molar-refractivity contribution in [1.82, 2.24) is 15.3 Å². The Balaban J connectivity index is 2.08. The molecule has 0 radical (unpaired) electrons. The lowest BCUT2D eigenvalue weighted by Crippen LogP contribution is -2.32. The number of hydrogen-bond donors (Lipinski definition) is 3. The molecular formula is C10H14N6O3. The molecule has 2 heterocycles. The molecule has 0 spiro atoms. The van der Waals surface area contributed by atoms with Gasteiger partial charge in [0.25, 0.3) is 0 Å². The summed E-state index contributed by atoms with van der Waals surface area (Å²) in [7, 11) is 1.63. The zero-order valence-corrected chi connectivity index (χ0v) is 10.3. The molecule has 1 aromatic heterocycles. The molecule has 2 rings (SSSR count). The van der Waals surface area contributed by atoms with Crippen LogP contribution in [0.2, 0.25) is 0 Å². The van der Waals surface area contributed by atoms with Crippen molar-refractivity contribution in [1.29, 1.82) is 0 Å². The molecule has 0 bridgehead atoms. The third-order valence-corrected chi connectivity index (χ3v) is 2.79. The molecule has 19 heavy (non-hydrogen) atoms. The van der Waals surface area contributed by atoms with Crippen molar-refractivity contribution in [3.63, 3.8) is 0 Å². The summed E-state index contributed by atoms with van der Waals surface area (Å²) in [5, 5.41) is 19.2. The molecule has 9 heteroatoms. The van der Waals surface area contributed by atoms with Crippen LogP contribution in [0.5, 0.6) is 0 Å². The molecule has 1 aliphatic heterocycles. The highest BCUT2D eigenvalue weighted by Gasteiger charge is 2.22. The minimum Gasteiger partial charge on any atom is -0.362 e. The van der Waals surface area contributed by atoms with Crippen molar-refractivity contribution in [3.8, 4) is 0 Å². The van der Waals surface area contributed by atoms with Crippen LogP contribution in [-0.2, 0) is 4.79 Å². The van der Waals surface area contributed by atoms with E-state index in [0.29, 0.717) is 25.3 Å². The Morgan fingerprint density at radius 2 is 2.42 bits per heavy atom. The second kappa shape index (κ2) is 5.46. The van der Waals surface area contributed by atoms with E-state index >= 15 is 0 Å². The summed E-state index contributed by atoms with van der Waals surface area (Å²) < 4.78 is 0. The Bertz CT molecular complexity index is 506. The molecule has 9 nitrogen and oxygen atoms in total. The van der Waals surface area contributed by atoms with Gasteiger partial charge in [0.15, 0.2) is 0 Å². The second-order valence-corrected chi connectivity index (χ2v) is 4.12. The monoisotopic (exact) mass is 266 g/mol. The van der Waals surface area contributed by atoms with Crippen LogP contribution >= 0.6 is 0 Å². The minimum atomic E-state index is -0.547. The van der Waals surface area contributed by atoms with Crippen molar-refractivity contribution in [2.75, 3.05) is 24.2 Å². The van der Waals surface area contributed by atoms with Crippen molar-refractivity contribution in [3.05, 3.63) is 16.3 Å². The number of amides is 1. The van der Waals surface area contributed by atoms with Gasteiger partial charge in [0.05, 0.1) is 4.92 Å². The van der Waals surface area contributed by atoms with E-state index in [1.807, 2.05) is 0 Å². The first kappa shape index (κ1) is 13.0. The van der Waals surface area contributed by atoms with Gasteiger partial charge >= 0.3 is 5.69 Å². The van der Waals surface area contributed by atoms with Gasteiger partial charge in [-0.25, -0.2) is 4.98 Å². The van der Waals surface area contributed by atoms with Gasteiger partial charge in [-0.2, -0.15) is 4.98 Å². The third-order valence-electron chi connectivity index (χ3n) is 2.79. The van der Waals surface area contributed by atoms with E-state index in [1.54, 1.807) is 7.05 Å². The van der Waals surface area contributed by atoms with Crippen LogP contribution in [0, 0.1) is 10.1 Å². The average molecular weight is 266 g/mol. The zero-order chi connectivity index (χ0) is 13.8. The van der Waals surface area contributed by atoms with E-state index in [-0.39, 0.29) is 23.5 Å². The van der Waals surface area contributed by atoms with Gasteiger partial charge in [0.1, 0.15) is 6.20 Å². The predicted octanol–water partition coefficient (Wildman–Crippen LogP) is 0.117. The Morgan fingerprint density at radius 3 is 3.00 bits per heavy atom. The van der Waals surface area contributed by atoms with Crippen LogP contribution in [0.15, 0.2) is 6.20 Å². The van der Waals surface area contributed by atoms with Crippen molar-refractivity contribution >= 4 is 23.4 Å². The number of hydrogen-bond acceptors (Lipinski definition) is 7. The predicted molar refractivity (Wildman–Crippen MR) is 67.9 cm³/mol. The first-order valence-corrected chi connectivity index (χ1v) is 5.82. The molecule has 1 unspecified atom stereocenters. The number of nitro groups is 1. The van der Waals surface area contributed by atoms with E-state index in [4.69, 9.17) is 0 Å². The number of aromatic nitrogens is 2. The van der Waals surface area contributed by atoms with Crippen LogP contribution in [0.4, 0.5) is 17.5 Å². The minimum absolute atomic E-state index is 0.0000915. The van der Waals surface area contributed by atoms with Crippen molar-refractivity contribution in [2.45, 2.75) is 18.9 Å². The van der Waals surface area contributed by atoms with Gasteiger partial charge in [-0.05, 0) is 6.42 Å². The smallest absolute Gasteiger partial charge is 0.329 e. The lowest BCUT2D eigenvalue weighted by atomic mass is 10.2. The third kappa shape index (κ3) is 3.06. The molecule has 1 fully saturated rings. The summed E-state index contributed by atoms with van der Waals surface area (Å²) in [6, 6.07) is -0.0277. The van der Waals surface area contributed by atoms with Gasteiger partial charge < -0.3 is 16.0 Å². The van der Waals surface area contributed by atoms with Crippen molar-refractivity contribution < 1.29 is 9.72 Å². The summed E-state index contributed by atoms with van der Waals surface area (Å²) in [5.41, 5.74) is -0.191. The number of carbonyl (C=O) groups is 1. The fraction of sp³-hybridized carbons (Fsp3) is 0.500. The van der Waals surface area contributed by atoms with Gasteiger partial charge in [0, 0.05) is 26.1 Å². The summed E-state index contributed by atoms with van der Waals surface area (Å²) in [6.45, 7) is 0.396. The SMILES string of the molecule is CNc1ncc([N+](=O)[O-])c(NCC2CCC(=O)N2)n1. The average Bonchev–Trinajstić information content (AvgIpc) is 2.81. The molecule has 1 saturated heterocycles. The highest BCUT2D eigenvalue weighted by atomic mass is 16.6. The summed E-state index contributed by atoms with van der Waals surface area (Å²) in [5.74, 6) is 0.439. The number of carbonyl (C=O) groups excluding carboxylic acids is 1. The first-order valence-electron chi connectivity index (χ1n) is 5.82. The van der Waals surface area contributed by atoms with E-state index in [9.17, 15) is 14.9 Å². The molecule has 1 amide bonds. The largest absolute Gasteiger partial charge is 0.362 e. The Hall–Kier alpha value is -2.45. The van der Waals surface area contributed by atoms with E-state index in [0.717, 1.165) is 6.20 Å². The lowest BCUT2D eigenvalue weighted by Gasteiger charge is -2.12. The Kier molecular flexibility index (Phi) is 3.74. The van der Waals surface area contributed by atoms with Crippen LogP contribution < -0.4 is 16.0 Å². The standard InChI is InChI=1S/C10H14N6O3/c1-11-10-13-5-7(16(18)19)9(15-10)12-4-6-2-3-8(17)14-6/h5-6H,2-4H2,1H3,(H,14,17)(H2,11,12,13,15). The Morgan fingerprint density at radius 1 is 1.63 bits per heavy atom. The fourth-order valence-electron chi connectivity index (χ4n) is 1.81. The van der Waals surface area contributed by atoms with E-state index < -0.39 is 4.92 Å². The quantitative estimate of drug-likeness (QED) is 0.511. The first-order chi connectivity index (χ1) is 9.10. The van der Waals surface area contributed by atoms with E-state index in [2.05, 4.69) is 25.9 Å². The van der Waals surface area contributed by atoms with Crippen LogP contribution in [0.3, 0.4) is 0 Å². The van der Waals surface area contributed by atoms with Gasteiger partial charge in [0.2, 0.25) is 17.7 Å². The normalized spacial score (nSPS) is 17.9. The highest BCUT2D eigenvalue weighted by molar-refractivity contribution is 5.78. The van der Waals surface area contributed by atoms with Crippen LogP contribution in [0.1, 0.15) is 12.8 Å². The lowest BCUT2D eigenvalue weighted by molar-refractivity contribution is -0.384. The molecule has 0 aromatic carbocycles. The van der Waals surface area contributed by atoms with E-state index in [1.165, 1.54) is 0 Å². The van der Waals surface area contributed by atoms with Crippen LogP contribution in [0.25, 0.3) is 0 Å². The summed E-state index contributed by atoms with van der Waals surface area (Å²) >= 11 is 0. The summed E-state index contributed by atoms with van der Waals surface area (Å²) in [4.78, 5) is 29.2. The van der Waals surface area contributed by atoms with Crippen LogP contribution in [-0.4, -0.2) is 40.4 Å². The highest BCUT2D eigenvalue weighted by Crippen LogP contribution is 2.22. The Labute approximate surface area is 109 Å². The fourth-order valence-corrected chi connectivity index (χ4v) is 1.81. The topological polar surface area (TPSA) is 122 Å². The maximum absolute atomic E-state index is 11.1. The maximum Gasteiger partial charge on any atom is 0.329 e. The van der Waals surface area contributed by atoms with Gasteiger partial charge in [-0.15, -0.1) is 0 Å². The second-order valence-electron chi connectivity index (χ2n) is 4.12. The zero-order valence-electron chi connectivity index (χ0n) is 10.3. The molecule has 1 atom stereocenters. The van der Waals surface area contributed by atoms with Gasteiger partial charge in [-0.3, -0.25) is 14.9 Å². The molecule has 0 saturated carbocycles. The summed E-state index contributed by atoms with van der Waals surface area (Å²) in [6.07, 6.45) is 2.35. The van der Waals surface area contributed by atoms with Crippen molar-refractivity contribution in [2.24, 2.45) is 0 Å². The molecule has 102 valence electrons. The number of rotatable bonds is 5. The molecule has 0 aliphatic carbocycles. The molecule has 1 aromatic rings. The number of nitrogens with zero attached hydrogens (tertiary/aromatic N) is 3. The number of nitrogens with one attached hydrogen (secondary N) is 3. The van der Waals surface area contributed by atoms with Gasteiger partial charge in [-0.1, -0.05) is 0 Å². The number of anilines is 2. The molecular weight excluding hydrogens is 252 g/mol. The molecule has 3 N–H and O–H groups in total. The maximum atomic E-state index is 11.1.